The van der Waals surface area contributed by atoms with Crippen LogP contribution in [0, 0.1) is 0 Å². The fraction of sp³-hybridized carbons (Fsp3) is 0.667. The van der Waals surface area contributed by atoms with Gasteiger partial charge in [0.2, 0.25) is 0 Å². The van der Waals surface area contributed by atoms with Crippen molar-refractivity contribution in [1.29, 1.82) is 0 Å². The molecule has 118 valence electrons. The summed E-state index contributed by atoms with van der Waals surface area (Å²) in [5.41, 5.74) is 1.35. The van der Waals surface area contributed by atoms with E-state index in [-0.39, 0.29) is 5.60 Å². The van der Waals surface area contributed by atoms with Gasteiger partial charge in [0.15, 0.2) is 0 Å². The smallest absolute Gasteiger partial charge is 0.0837 e. The molecular formula is C18H28ClNO. The van der Waals surface area contributed by atoms with Crippen LogP contribution in [0.5, 0.6) is 0 Å². The molecule has 0 bridgehead atoms. The lowest BCUT2D eigenvalue weighted by molar-refractivity contribution is -0.0612. The zero-order valence-corrected chi connectivity index (χ0v) is 14.1. The van der Waals surface area contributed by atoms with E-state index in [1.165, 1.54) is 31.2 Å². The molecule has 0 saturated heterocycles. The van der Waals surface area contributed by atoms with E-state index >= 15 is 0 Å². The van der Waals surface area contributed by atoms with Gasteiger partial charge in [0.05, 0.1) is 5.60 Å². The number of hydrogen-bond donors (Lipinski definition) is 1. The molecule has 21 heavy (non-hydrogen) atoms. The van der Waals surface area contributed by atoms with Gasteiger partial charge in [-0.3, -0.25) is 0 Å². The van der Waals surface area contributed by atoms with Crippen molar-refractivity contribution in [3.05, 3.63) is 34.9 Å². The van der Waals surface area contributed by atoms with Gasteiger partial charge in [0.25, 0.3) is 0 Å². The van der Waals surface area contributed by atoms with E-state index in [1.807, 2.05) is 12.1 Å². The molecule has 1 saturated carbocycles. The summed E-state index contributed by atoms with van der Waals surface area (Å²) in [7, 11) is 0. The fourth-order valence-corrected chi connectivity index (χ4v) is 3.60. The van der Waals surface area contributed by atoms with Gasteiger partial charge in [-0.1, -0.05) is 43.5 Å². The standard InChI is InChI=1S/C18H28ClNO/c1-3-13-20-17(14-15-7-9-16(19)10-8-15)18(21-4-2)11-5-6-12-18/h7-10,17,20H,3-6,11-14H2,1-2H3. The monoisotopic (exact) mass is 309 g/mol. The van der Waals surface area contributed by atoms with Gasteiger partial charge in [-0.25, -0.2) is 0 Å². The third-order valence-electron chi connectivity index (χ3n) is 4.51. The van der Waals surface area contributed by atoms with Gasteiger partial charge in [-0.15, -0.1) is 0 Å². The molecule has 3 heteroatoms. The fourth-order valence-electron chi connectivity index (χ4n) is 3.47. The first-order valence-corrected chi connectivity index (χ1v) is 8.70. The molecule has 0 radical (unpaired) electrons. The number of hydrogen-bond acceptors (Lipinski definition) is 2. The lowest BCUT2D eigenvalue weighted by Crippen LogP contribution is -2.52. The average molecular weight is 310 g/mol. The summed E-state index contributed by atoms with van der Waals surface area (Å²) >= 11 is 6.00. The molecular weight excluding hydrogens is 282 g/mol. The second-order valence-corrected chi connectivity index (χ2v) is 6.48. The summed E-state index contributed by atoms with van der Waals surface area (Å²) < 4.78 is 6.26. The van der Waals surface area contributed by atoms with Crippen LogP contribution < -0.4 is 5.32 Å². The second-order valence-electron chi connectivity index (χ2n) is 6.04. The van der Waals surface area contributed by atoms with E-state index < -0.39 is 0 Å². The maximum atomic E-state index is 6.26. The molecule has 1 aromatic rings. The minimum atomic E-state index is 0.0174. The van der Waals surface area contributed by atoms with Crippen LogP contribution in [-0.4, -0.2) is 24.8 Å². The predicted octanol–water partition coefficient (Wildman–Crippen LogP) is 4.60. The van der Waals surface area contributed by atoms with Crippen molar-refractivity contribution in [2.45, 2.75) is 64.0 Å². The lowest BCUT2D eigenvalue weighted by atomic mass is 9.87. The highest BCUT2D eigenvalue weighted by atomic mass is 35.5. The second kappa shape index (κ2) is 8.17. The molecule has 0 spiro atoms. The Hall–Kier alpha value is -0.570. The number of rotatable bonds is 8. The van der Waals surface area contributed by atoms with Gasteiger partial charge < -0.3 is 10.1 Å². The Labute approximate surface area is 134 Å². The molecule has 0 amide bonds. The Balaban J connectivity index is 2.13. The van der Waals surface area contributed by atoms with Crippen LogP contribution in [-0.2, 0) is 11.2 Å². The Morgan fingerprint density at radius 1 is 1.19 bits per heavy atom. The van der Waals surface area contributed by atoms with Crippen LogP contribution in [0.3, 0.4) is 0 Å². The third kappa shape index (κ3) is 4.45. The molecule has 0 aromatic heterocycles. The Morgan fingerprint density at radius 2 is 1.86 bits per heavy atom. The Kier molecular flexibility index (Phi) is 6.53. The highest BCUT2D eigenvalue weighted by molar-refractivity contribution is 6.30. The third-order valence-corrected chi connectivity index (χ3v) is 4.76. The van der Waals surface area contributed by atoms with Crippen molar-refractivity contribution >= 4 is 11.6 Å². The minimum Gasteiger partial charge on any atom is -0.374 e. The summed E-state index contributed by atoms with van der Waals surface area (Å²) in [6, 6.07) is 8.63. The Morgan fingerprint density at radius 3 is 2.43 bits per heavy atom. The molecule has 1 aromatic carbocycles. The highest BCUT2D eigenvalue weighted by Gasteiger charge is 2.41. The lowest BCUT2D eigenvalue weighted by Gasteiger charge is -2.38. The Bertz CT molecular complexity index is 412. The van der Waals surface area contributed by atoms with Crippen LogP contribution in [0.25, 0.3) is 0 Å². The van der Waals surface area contributed by atoms with Crippen molar-refractivity contribution < 1.29 is 4.74 Å². The normalized spacial score (nSPS) is 18.8. The van der Waals surface area contributed by atoms with Crippen molar-refractivity contribution in [3.63, 3.8) is 0 Å². The van der Waals surface area contributed by atoms with E-state index in [4.69, 9.17) is 16.3 Å². The topological polar surface area (TPSA) is 21.3 Å². The van der Waals surface area contributed by atoms with E-state index in [0.29, 0.717) is 6.04 Å². The largest absolute Gasteiger partial charge is 0.374 e. The highest BCUT2D eigenvalue weighted by Crippen LogP contribution is 2.37. The van der Waals surface area contributed by atoms with Crippen molar-refractivity contribution in [1.82, 2.24) is 5.32 Å². The van der Waals surface area contributed by atoms with E-state index in [1.54, 1.807) is 0 Å². The molecule has 2 rings (SSSR count). The summed E-state index contributed by atoms with van der Waals surface area (Å²) in [6.07, 6.45) is 7.08. The minimum absolute atomic E-state index is 0.0174. The molecule has 2 nitrogen and oxygen atoms in total. The predicted molar refractivity (Wildman–Crippen MR) is 90.1 cm³/mol. The zero-order chi connectivity index (χ0) is 15.1. The molecule has 1 fully saturated rings. The maximum Gasteiger partial charge on any atom is 0.0837 e. The van der Waals surface area contributed by atoms with Crippen molar-refractivity contribution in [2.75, 3.05) is 13.2 Å². The number of ether oxygens (including phenoxy) is 1. The summed E-state index contributed by atoms with van der Waals surface area (Å²) in [5.74, 6) is 0. The average Bonchev–Trinajstić information content (AvgIpc) is 2.95. The van der Waals surface area contributed by atoms with Crippen LogP contribution in [0.15, 0.2) is 24.3 Å². The molecule has 0 aliphatic heterocycles. The summed E-state index contributed by atoms with van der Waals surface area (Å²) in [6.45, 7) is 6.17. The van der Waals surface area contributed by atoms with Crippen LogP contribution in [0.4, 0.5) is 0 Å². The van der Waals surface area contributed by atoms with Crippen molar-refractivity contribution in [2.24, 2.45) is 0 Å². The molecule has 1 N–H and O–H groups in total. The van der Waals surface area contributed by atoms with Crippen LogP contribution in [0.2, 0.25) is 5.02 Å². The van der Waals surface area contributed by atoms with Crippen LogP contribution >= 0.6 is 11.6 Å². The first-order valence-electron chi connectivity index (χ1n) is 8.32. The van der Waals surface area contributed by atoms with Gasteiger partial charge in [-0.2, -0.15) is 0 Å². The first-order chi connectivity index (χ1) is 10.2. The van der Waals surface area contributed by atoms with Gasteiger partial charge >= 0.3 is 0 Å². The van der Waals surface area contributed by atoms with E-state index in [9.17, 15) is 0 Å². The SMILES string of the molecule is CCCNC(Cc1ccc(Cl)cc1)C1(OCC)CCCC1. The number of nitrogens with one attached hydrogen (secondary N) is 1. The molecule has 1 aliphatic rings. The number of halogens is 1. The zero-order valence-electron chi connectivity index (χ0n) is 13.3. The molecule has 1 aliphatic carbocycles. The summed E-state index contributed by atoms with van der Waals surface area (Å²) in [5, 5.41) is 4.55. The van der Waals surface area contributed by atoms with Gasteiger partial charge in [0, 0.05) is 17.7 Å². The van der Waals surface area contributed by atoms with Crippen LogP contribution in [0.1, 0.15) is 51.5 Å². The van der Waals surface area contributed by atoms with E-state index in [2.05, 4.69) is 31.3 Å². The first kappa shape index (κ1) is 16.8. The van der Waals surface area contributed by atoms with Gasteiger partial charge in [0.1, 0.15) is 0 Å². The number of benzene rings is 1. The molecule has 1 unspecified atom stereocenters. The van der Waals surface area contributed by atoms with Crippen molar-refractivity contribution in [3.8, 4) is 0 Å². The quantitative estimate of drug-likeness (QED) is 0.757. The van der Waals surface area contributed by atoms with Gasteiger partial charge in [-0.05, 0) is 56.8 Å². The van der Waals surface area contributed by atoms with E-state index in [0.717, 1.165) is 31.0 Å². The maximum absolute atomic E-state index is 6.26. The molecule has 0 heterocycles. The molecule has 1 atom stereocenters. The summed E-state index contributed by atoms with van der Waals surface area (Å²) in [4.78, 5) is 0.